The lowest BCUT2D eigenvalue weighted by atomic mass is 10.1. The summed E-state index contributed by atoms with van der Waals surface area (Å²) in [6.07, 6.45) is 0.706. The summed E-state index contributed by atoms with van der Waals surface area (Å²) in [6, 6.07) is 11.1. The summed E-state index contributed by atoms with van der Waals surface area (Å²) in [4.78, 5) is 22.5. The summed E-state index contributed by atoms with van der Waals surface area (Å²) in [6.45, 7) is 0. The Morgan fingerprint density at radius 2 is 1.87 bits per heavy atom. The maximum Gasteiger partial charge on any atom is 0.271 e. The zero-order valence-corrected chi connectivity index (χ0v) is 13.3. The summed E-state index contributed by atoms with van der Waals surface area (Å²) >= 11 is 12.0. The lowest BCUT2D eigenvalue weighted by molar-refractivity contribution is -0.384. The van der Waals surface area contributed by atoms with E-state index >= 15 is 0 Å². The van der Waals surface area contributed by atoms with Gasteiger partial charge in [-0.2, -0.15) is 0 Å². The average molecular weight is 351 g/mol. The number of hydrogen-bond acceptors (Lipinski definition) is 3. The number of hydrogen-bond donors (Lipinski definition) is 1. The van der Waals surface area contributed by atoms with Gasteiger partial charge in [-0.3, -0.25) is 14.9 Å². The van der Waals surface area contributed by atoms with Gasteiger partial charge in [0.2, 0.25) is 5.91 Å². The molecule has 2 aromatic carbocycles. The fourth-order valence-corrected chi connectivity index (χ4v) is 3.12. The fourth-order valence-electron chi connectivity index (χ4n) is 2.57. The van der Waals surface area contributed by atoms with E-state index in [0.29, 0.717) is 22.2 Å². The Balaban J connectivity index is 1.69. The zero-order valence-electron chi connectivity index (χ0n) is 11.8. The van der Waals surface area contributed by atoms with Gasteiger partial charge >= 0.3 is 0 Å². The van der Waals surface area contributed by atoms with Crippen LogP contribution in [-0.2, 0) is 4.79 Å². The van der Waals surface area contributed by atoms with Gasteiger partial charge in [0.25, 0.3) is 5.69 Å². The third kappa shape index (κ3) is 3.63. The van der Waals surface area contributed by atoms with Gasteiger partial charge in [-0.1, -0.05) is 29.3 Å². The van der Waals surface area contributed by atoms with Crippen LogP contribution in [0, 0.1) is 16.0 Å². The van der Waals surface area contributed by atoms with Crippen LogP contribution in [0.4, 0.5) is 11.4 Å². The predicted molar refractivity (Wildman–Crippen MR) is 89.0 cm³/mol. The van der Waals surface area contributed by atoms with Gasteiger partial charge in [0.1, 0.15) is 0 Å². The average Bonchev–Trinajstić information content (AvgIpc) is 3.27. The monoisotopic (exact) mass is 350 g/mol. The molecule has 5 nitrogen and oxygen atoms in total. The van der Waals surface area contributed by atoms with Crippen LogP contribution in [0.15, 0.2) is 42.5 Å². The van der Waals surface area contributed by atoms with Gasteiger partial charge in [-0.05, 0) is 42.2 Å². The summed E-state index contributed by atoms with van der Waals surface area (Å²) in [5.41, 5.74) is 1.29. The summed E-state index contributed by atoms with van der Waals surface area (Å²) in [5.74, 6) is -0.264. The number of non-ortho nitro benzene ring substituents is 1. The number of nitro benzene ring substituents is 1. The smallest absolute Gasteiger partial charge is 0.271 e. The second-order valence-electron chi connectivity index (χ2n) is 5.45. The minimum Gasteiger partial charge on any atom is -0.326 e. The Hall–Kier alpha value is -2.11. The van der Waals surface area contributed by atoms with E-state index in [1.54, 1.807) is 24.3 Å². The van der Waals surface area contributed by atoms with Crippen molar-refractivity contribution in [3.8, 4) is 0 Å². The van der Waals surface area contributed by atoms with E-state index in [4.69, 9.17) is 23.2 Å². The molecule has 1 amide bonds. The third-order valence-corrected chi connectivity index (χ3v) is 4.20. The molecule has 0 bridgehead atoms. The first-order valence-corrected chi connectivity index (χ1v) is 7.71. The van der Waals surface area contributed by atoms with Crippen molar-refractivity contribution in [2.75, 3.05) is 5.32 Å². The van der Waals surface area contributed by atoms with E-state index in [9.17, 15) is 14.9 Å². The maximum absolute atomic E-state index is 12.3. The molecular formula is C16H12Cl2N2O3. The number of nitrogens with one attached hydrogen (secondary N) is 1. The van der Waals surface area contributed by atoms with Crippen molar-refractivity contribution < 1.29 is 9.72 Å². The van der Waals surface area contributed by atoms with E-state index in [2.05, 4.69) is 5.32 Å². The van der Waals surface area contributed by atoms with Gasteiger partial charge in [-0.15, -0.1) is 0 Å². The second-order valence-corrected chi connectivity index (χ2v) is 6.32. The first-order valence-electron chi connectivity index (χ1n) is 6.95. The van der Waals surface area contributed by atoms with Crippen LogP contribution < -0.4 is 5.32 Å². The van der Waals surface area contributed by atoms with E-state index in [0.717, 1.165) is 5.56 Å². The molecule has 0 aliphatic heterocycles. The van der Waals surface area contributed by atoms with Crippen molar-refractivity contribution >= 4 is 40.5 Å². The molecule has 0 spiro atoms. The molecule has 0 saturated heterocycles. The number of benzene rings is 2. The van der Waals surface area contributed by atoms with Crippen molar-refractivity contribution in [2.24, 2.45) is 5.92 Å². The van der Waals surface area contributed by atoms with Crippen LogP contribution >= 0.6 is 23.2 Å². The molecule has 1 N–H and O–H groups in total. The summed E-state index contributed by atoms with van der Waals surface area (Å²) < 4.78 is 0. The number of halogens is 2. The van der Waals surface area contributed by atoms with Crippen LogP contribution in [0.1, 0.15) is 17.9 Å². The lowest BCUT2D eigenvalue weighted by Gasteiger charge is -2.05. The van der Waals surface area contributed by atoms with Crippen LogP contribution in [-0.4, -0.2) is 10.8 Å². The molecule has 2 aromatic rings. The zero-order chi connectivity index (χ0) is 16.6. The second kappa shape index (κ2) is 6.18. The number of nitrogens with zero attached hydrogens (tertiary/aromatic N) is 1. The number of amides is 1. The molecule has 118 valence electrons. The highest BCUT2D eigenvalue weighted by atomic mass is 35.5. The van der Waals surface area contributed by atoms with Crippen molar-refractivity contribution in [2.45, 2.75) is 12.3 Å². The molecule has 1 saturated carbocycles. The standard InChI is InChI=1S/C16H12Cl2N2O3/c17-10-4-9(5-11(18)6-10)14-8-15(14)16(21)19-12-2-1-3-13(7-12)20(22)23/h1-7,14-15H,8H2,(H,19,21)/t14-,15-/m1/s1. The van der Waals surface area contributed by atoms with Gasteiger partial charge in [0.15, 0.2) is 0 Å². The summed E-state index contributed by atoms with van der Waals surface area (Å²) in [7, 11) is 0. The SMILES string of the molecule is O=C(Nc1cccc([N+](=O)[O-])c1)[C@@H]1C[C@@H]1c1cc(Cl)cc(Cl)c1. The molecule has 0 unspecified atom stereocenters. The Bertz CT molecular complexity index is 774. The first kappa shape index (κ1) is 15.8. The third-order valence-electron chi connectivity index (χ3n) is 3.76. The van der Waals surface area contributed by atoms with Crippen LogP contribution in [0.3, 0.4) is 0 Å². The van der Waals surface area contributed by atoms with Crippen LogP contribution in [0.5, 0.6) is 0 Å². The van der Waals surface area contributed by atoms with E-state index < -0.39 is 4.92 Å². The molecule has 1 aliphatic carbocycles. The Morgan fingerprint density at radius 1 is 1.17 bits per heavy atom. The highest BCUT2D eigenvalue weighted by molar-refractivity contribution is 6.34. The molecule has 1 fully saturated rings. The number of rotatable bonds is 4. The maximum atomic E-state index is 12.3. The largest absolute Gasteiger partial charge is 0.326 e. The number of anilines is 1. The topological polar surface area (TPSA) is 72.2 Å². The lowest BCUT2D eigenvalue weighted by Crippen LogP contribution is -2.14. The molecule has 0 radical (unpaired) electrons. The highest BCUT2D eigenvalue weighted by Gasteiger charge is 2.44. The highest BCUT2D eigenvalue weighted by Crippen LogP contribution is 2.49. The Kier molecular flexibility index (Phi) is 4.24. The fraction of sp³-hybridized carbons (Fsp3) is 0.188. The van der Waals surface area contributed by atoms with Gasteiger partial charge in [-0.25, -0.2) is 0 Å². The molecule has 1 aliphatic rings. The summed E-state index contributed by atoms with van der Waals surface area (Å²) in [5, 5.41) is 14.6. The van der Waals surface area contributed by atoms with Gasteiger partial charge in [0.05, 0.1) is 4.92 Å². The molecule has 0 heterocycles. The molecule has 2 atom stereocenters. The molecule has 23 heavy (non-hydrogen) atoms. The molecule has 7 heteroatoms. The Labute approximate surface area is 142 Å². The van der Waals surface area contributed by atoms with Gasteiger partial charge < -0.3 is 5.32 Å². The van der Waals surface area contributed by atoms with Crippen molar-refractivity contribution in [1.82, 2.24) is 0 Å². The quantitative estimate of drug-likeness (QED) is 0.644. The number of carbonyl (C=O) groups excluding carboxylic acids is 1. The van der Waals surface area contributed by atoms with Crippen LogP contribution in [0.25, 0.3) is 0 Å². The van der Waals surface area contributed by atoms with Crippen LogP contribution in [0.2, 0.25) is 10.0 Å². The number of nitro groups is 1. The minimum atomic E-state index is -0.496. The predicted octanol–water partition coefficient (Wildman–Crippen LogP) is 4.64. The Morgan fingerprint density at radius 3 is 2.52 bits per heavy atom. The van der Waals surface area contributed by atoms with Gasteiger partial charge in [0, 0.05) is 33.8 Å². The van der Waals surface area contributed by atoms with E-state index in [1.165, 1.54) is 18.2 Å². The molecule has 3 rings (SSSR count). The van der Waals surface area contributed by atoms with E-state index in [1.807, 2.05) is 0 Å². The number of carbonyl (C=O) groups is 1. The van der Waals surface area contributed by atoms with Crippen molar-refractivity contribution in [3.05, 3.63) is 68.2 Å². The minimum absolute atomic E-state index is 0.0585. The molecular weight excluding hydrogens is 339 g/mol. The molecule has 0 aromatic heterocycles. The first-order chi connectivity index (χ1) is 10.9. The normalized spacial score (nSPS) is 19.2. The van der Waals surface area contributed by atoms with Crippen molar-refractivity contribution in [1.29, 1.82) is 0 Å². The van der Waals surface area contributed by atoms with E-state index in [-0.39, 0.29) is 23.4 Å². The van der Waals surface area contributed by atoms with Crippen molar-refractivity contribution in [3.63, 3.8) is 0 Å².